The summed E-state index contributed by atoms with van der Waals surface area (Å²) in [7, 11) is 0. The number of nitrogens with zero attached hydrogens (tertiary/aromatic N) is 3. The van der Waals surface area contributed by atoms with Crippen molar-refractivity contribution in [1.29, 1.82) is 0 Å². The van der Waals surface area contributed by atoms with Gasteiger partial charge in [-0.15, -0.1) is 12.4 Å². The van der Waals surface area contributed by atoms with Gasteiger partial charge in [-0.25, -0.2) is 4.98 Å². The summed E-state index contributed by atoms with van der Waals surface area (Å²) in [4.78, 5) is 8.58. The van der Waals surface area contributed by atoms with E-state index < -0.39 is 0 Å². The molecule has 0 aromatic carbocycles. The normalized spacial score (nSPS) is 15.6. The van der Waals surface area contributed by atoms with E-state index in [1.54, 1.807) is 18.3 Å². The third-order valence-electron chi connectivity index (χ3n) is 3.17. The van der Waals surface area contributed by atoms with Crippen molar-refractivity contribution in [2.24, 2.45) is 0 Å². The molecule has 0 saturated heterocycles. The number of halogens is 1. The summed E-state index contributed by atoms with van der Waals surface area (Å²) in [5, 5.41) is 4.04. The van der Waals surface area contributed by atoms with Gasteiger partial charge >= 0.3 is 0 Å². The van der Waals surface area contributed by atoms with Gasteiger partial charge in [-0.1, -0.05) is 18.0 Å². The molecule has 0 aliphatic heterocycles. The monoisotopic (exact) mass is 266 g/mol. The molecule has 6 heteroatoms. The van der Waals surface area contributed by atoms with Crippen LogP contribution in [-0.4, -0.2) is 15.1 Å². The van der Waals surface area contributed by atoms with Crippen LogP contribution in [0.5, 0.6) is 0 Å². The summed E-state index contributed by atoms with van der Waals surface area (Å²) < 4.78 is 5.24. The average Bonchev–Trinajstić information content (AvgIpc) is 3.00. The number of pyridine rings is 1. The van der Waals surface area contributed by atoms with Gasteiger partial charge < -0.3 is 10.3 Å². The Morgan fingerprint density at radius 2 is 2.00 bits per heavy atom. The van der Waals surface area contributed by atoms with E-state index in [-0.39, 0.29) is 12.4 Å². The van der Waals surface area contributed by atoms with Crippen LogP contribution in [0.15, 0.2) is 22.9 Å². The number of nitrogen functional groups attached to an aromatic ring is 1. The predicted molar refractivity (Wildman–Crippen MR) is 70.4 cm³/mol. The zero-order valence-electron chi connectivity index (χ0n) is 9.87. The molecule has 0 radical (unpaired) electrons. The van der Waals surface area contributed by atoms with Gasteiger partial charge in [-0.05, 0) is 25.0 Å². The maximum atomic E-state index is 5.58. The summed E-state index contributed by atoms with van der Waals surface area (Å²) >= 11 is 0. The Hall–Kier alpha value is -1.62. The van der Waals surface area contributed by atoms with Crippen LogP contribution >= 0.6 is 12.4 Å². The molecule has 0 bridgehead atoms. The van der Waals surface area contributed by atoms with Gasteiger partial charge in [-0.2, -0.15) is 4.98 Å². The van der Waals surface area contributed by atoms with E-state index >= 15 is 0 Å². The Kier molecular flexibility index (Phi) is 3.81. The van der Waals surface area contributed by atoms with Gasteiger partial charge in [0.2, 0.25) is 0 Å². The standard InChI is InChI=1S/C12H14N4O.ClH/c13-9-5-6-10(14-7-9)12-15-11(16-17-12)8-3-1-2-4-8;/h5-8H,1-4,13H2;1H. The third kappa shape index (κ3) is 2.46. The maximum absolute atomic E-state index is 5.58. The van der Waals surface area contributed by atoms with Crippen molar-refractivity contribution < 1.29 is 4.52 Å². The molecule has 0 amide bonds. The van der Waals surface area contributed by atoms with Crippen LogP contribution in [-0.2, 0) is 0 Å². The number of rotatable bonds is 2. The lowest BCUT2D eigenvalue weighted by Gasteiger charge is -1.99. The number of nitrogens with two attached hydrogens (primary N) is 1. The van der Waals surface area contributed by atoms with Crippen molar-refractivity contribution in [3.8, 4) is 11.6 Å². The molecule has 2 heterocycles. The zero-order valence-corrected chi connectivity index (χ0v) is 10.7. The molecular formula is C12H15ClN4O. The van der Waals surface area contributed by atoms with E-state index in [1.807, 2.05) is 0 Å². The summed E-state index contributed by atoms with van der Waals surface area (Å²) in [6.07, 6.45) is 6.43. The van der Waals surface area contributed by atoms with E-state index in [4.69, 9.17) is 10.3 Å². The Morgan fingerprint density at radius 3 is 2.67 bits per heavy atom. The first kappa shape index (κ1) is 12.8. The fraction of sp³-hybridized carbons (Fsp3) is 0.417. The van der Waals surface area contributed by atoms with Crippen LogP contribution in [0.1, 0.15) is 37.4 Å². The molecule has 0 spiro atoms. The van der Waals surface area contributed by atoms with Crippen molar-refractivity contribution in [3.63, 3.8) is 0 Å². The Morgan fingerprint density at radius 1 is 1.22 bits per heavy atom. The van der Waals surface area contributed by atoms with E-state index in [0.717, 1.165) is 18.7 Å². The van der Waals surface area contributed by atoms with Gasteiger partial charge in [0, 0.05) is 5.92 Å². The predicted octanol–water partition coefficient (Wildman–Crippen LogP) is 2.79. The third-order valence-corrected chi connectivity index (χ3v) is 3.17. The average molecular weight is 267 g/mol. The minimum Gasteiger partial charge on any atom is -0.397 e. The molecule has 2 aromatic rings. The summed E-state index contributed by atoms with van der Waals surface area (Å²) in [6.45, 7) is 0. The van der Waals surface area contributed by atoms with Gasteiger partial charge in [-0.3, -0.25) is 0 Å². The molecule has 18 heavy (non-hydrogen) atoms. The highest BCUT2D eigenvalue weighted by atomic mass is 35.5. The van der Waals surface area contributed by atoms with Gasteiger partial charge in [0.15, 0.2) is 5.82 Å². The van der Waals surface area contributed by atoms with Crippen molar-refractivity contribution in [2.75, 3.05) is 5.73 Å². The van der Waals surface area contributed by atoms with E-state index in [1.165, 1.54) is 12.8 Å². The molecule has 1 fully saturated rings. The first-order valence-corrected chi connectivity index (χ1v) is 5.88. The lowest BCUT2D eigenvalue weighted by atomic mass is 10.1. The van der Waals surface area contributed by atoms with Crippen LogP contribution in [0.25, 0.3) is 11.6 Å². The Balaban J connectivity index is 0.00000120. The number of aromatic nitrogens is 3. The van der Waals surface area contributed by atoms with E-state index in [2.05, 4.69) is 15.1 Å². The van der Waals surface area contributed by atoms with Crippen LogP contribution < -0.4 is 5.73 Å². The maximum Gasteiger partial charge on any atom is 0.276 e. The molecule has 1 aliphatic rings. The van der Waals surface area contributed by atoms with Crippen molar-refractivity contribution in [1.82, 2.24) is 15.1 Å². The lowest BCUT2D eigenvalue weighted by molar-refractivity contribution is 0.414. The highest BCUT2D eigenvalue weighted by Gasteiger charge is 2.22. The number of hydrogen-bond donors (Lipinski definition) is 1. The Bertz CT molecular complexity index is 505. The molecule has 0 unspecified atom stereocenters. The fourth-order valence-corrected chi connectivity index (χ4v) is 2.22. The quantitative estimate of drug-likeness (QED) is 0.904. The molecule has 5 nitrogen and oxygen atoms in total. The molecule has 3 rings (SSSR count). The molecule has 96 valence electrons. The fourth-order valence-electron chi connectivity index (χ4n) is 2.22. The van der Waals surface area contributed by atoms with E-state index in [0.29, 0.717) is 23.2 Å². The second-order valence-electron chi connectivity index (χ2n) is 4.42. The Labute approximate surface area is 111 Å². The summed E-state index contributed by atoms with van der Waals surface area (Å²) in [5.74, 6) is 1.75. The van der Waals surface area contributed by atoms with Crippen LogP contribution in [0.2, 0.25) is 0 Å². The topological polar surface area (TPSA) is 77.8 Å². The van der Waals surface area contributed by atoms with Gasteiger partial charge in [0.1, 0.15) is 5.69 Å². The summed E-state index contributed by atoms with van der Waals surface area (Å²) in [5.41, 5.74) is 6.89. The second kappa shape index (κ2) is 5.35. The smallest absolute Gasteiger partial charge is 0.276 e. The lowest BCUT2D eigenvalue weighted by Crippen LogP contribution is -1.94. The van der Waals surface area contributed by atoms with Crippen molar-refractivity contribution >= 4 is 18.1 Å². The SMILES string of the molecule is Cl.Nc1ccc(-c2nc(C3CCCC3)no2)nc1. The highest BCUT2D eigenvalue weighted by molar-refractivity contribution is 5.85. The first-order chi connectivity index (χ1) is 8.33. The molecule has 1 saturated carbocycles. The molecular weight excluding hydrogens is 252 g/mol. The second-order valence-corrected chi connectivity index (χ2v) is 4.42. The van der Waals surface area contributed by atoms with Crippen LogP contribution in [0.4, 0.5) is 5.69 Å². The highest BCUT2D eigenvalue weighted by Crippen LogP contribution is 2.33. The molecule has 2 aromatic heterocycles. The van der Waals surface area contributed by atoms with Crippen LogP contribution in [0.3, 0.4) is 0 Å². The van der Waals surface area contributed by atoms with Crippen molar-refractivity contribution in [3.05, 3.63) is 24.2 Å². The van der Waals surface area contributed by atoms with Crippen LogP contribution in [0, 0.1) is 0 Å². The molecule has 2 N–H and O–H groups in total. The van der Waals surface area contributed by atoms with Gasteiger partial charge in [0.05, 0.1) is 11.9 Å². The summed E-state index contributed by atoms with van der Waals surface area (Å²) in [6, 6.07) is 3.57. The van der Waals surface area contributed by atoms with Crippen molar-refractivity contribution in [2.45, 2.75) is 31.6 Å². The number of hydrogen-bond acceptors (Lipinski definition) is 5. The largest absolute Gasteiger partial charge is 0.397 e. The minimum absolute atomic E-state index is 0. The molecule has 0 atom stereocenters. The molecule has 1 aliphatic carbocycles. The zero-order chi connectivity index (χ0) is 11.7. The number of anilines is 1. The van der Waals surface area contributed by atoms with Gasteiger partial charge in [0.25, 0.3) is 5.89 Å². The first-order valence-electron chi connectivity index (χ1n) is 5.88. The minimum atomic E-state index is 0. The van der Waals surface area contributed by atoms with E-state index in [9.17, 15) is 0 Å².